The first-order chi connectivity index (χ1) is 7.68. The van der Waals surface area contributed by atoms with E-state index < -0.39 is 6.10 Å². The molecule has 0 spiro atoms. The van der Waals surface area contributed by atoms with Gasteiger partial charge in [-0.1, -0.05) is 24.3 Å². The number of aliphatic hydroxyl groups excluding tert-OH is 1. The fourth-order valence-corrected chi connectivity index (χ4v) is 1.79. The Morgan fingerprint density at radius 1 is 1.38 bits per heavy atom. The van der Waals surface area contributed by atoms with Crippen molar-refractivity contribution in [3.05, 3.63) is 53.6 Å². The van der Waals surface area contributed by atoms with E-state index >= 15 is 0 Å². The second kappa shape index (κ2) is 4.49. The summed E-state index contributed by atoms with van der Waals surface area (Å²) in [5.41, 5.74) is 2.51. The van der Waals surface area contributed by atoms with E-state index in [1.54, 1.807) is 13.1 Å². The van der Waals surface area contributed by atoms with Crippen LogP contribution in [-0.2, 0) is 6.54 Å². The molecular formula is C13H16N2O. The number of aromatic nitrogens is 2. The van der Waals surface area contributed by atoms with Crippen LogP contribution in [0.1, 0.15) is 30.0 Å². The predicted octanol–water partition coefficient (Wildman–Crippen LogP) is 2.29. The van der Waals surface area contributed by atoms with Crippen molar-refractivity contribution in [2.45, 2.75) is 26.5 Å². The summed E-state index contributed by atoms with van der Waals surface area (Å²) in [6.45, 7) is 4.58. The summed E-state index contributed by atoms with van der Waals surface area (Å²) in [6.07, 6.45) is 3.09. The third-order valence-corrected chi connectivity index (χ3v) is 2.72. The van der Waals surface area contributed by atoms with Crippen LogP contribution in [0.15, 0.2) is 36.7 Å². The first kappa shape index (κ1) is 10.9. The molecule has 2 aromatic rings. The lowest BCUT2D eigenvalue weighted by molar-refractivity contribution is 0.184. The van der Waals surface area contributed by atoms with Crippen molar-refractivity contribution in [3.63, 3.8) is 0 Å². The van der Waals surface area contributed by atoms with Crippen LogP contribution in [0.2, 0.25) is 0 Å². The van der Waals surface area contributed by atoms with E-state index in [9.17, 15) is 5.11 Å². The van der Waals surface area contributed by atoms with E-state index in [2.05, 4.69) is 24.0 Å². The van der Waals surface area contributed by atoms with E-state index in [1.807, 2.05) is 22.9 Å². The number of aryl methyl sites for hydroxylation is 1. The Morgan fingerprint density at radius 3 is 2.81 bits per heavy atom. The summed E-state index contributed by atoms with van der Waals surface area (Å²) >= 11 is 0. The summed E-state index contributed by atoms with van der Waals surface area (Å²) in [5, 5.41) is 9.56. The number of hydrogen-bond donors (Lipinski definition) is 1. The Bertz CT molecular complexity index is 474. The summed E-state index contributed by atoms with van der Waals surface area (Å²) in [5.74, 6) is 0.711. The van der Waals surface area contributed by atoms with E-state index in [-0.39, 0.29) is 0 Å². The molecule has 3 nitrogen and oxygen atoms in total. The molecule has 0 aliphatic rings. The number of hydrogen-bond acceptors (Lipinski definition) is 2. The molecule has 0 aliphatic heterocycles. The van der Waals surface area contributed by atoms with Gasteiger partial charge in [0.15, 0.2) is 0 Å². The zero-order valence-electron chi connectivity index (χ0n) is 9.59. The Kier molecular flexibility index (Phi) is 3.06. The van der Waals surface area contributed by atoms with Crippen molar-refractivity contribution in [3.8, 4) is 0 Å². The highest BCUT2D eigenvalue weighted by molar-refractivity contribution is 5.26. The smallest absolute Gasteiger partial charge is 0.137 e. The first-order valence-corrected chi connectivity index (χ1v) is 5.42. The summed E-state index contributed by atoms with van der Waals surface area (Å²) in [7, 11) is 0. The van der Waals surface area contributed by atoms with Gasteiger partial charge in [-0.3, -0.25) is 0 Å². The summed E-state index contributed by atoms with van der Waals surface area (Å²) in [4.78, 5) is 4.15. The molecule has 1 unspecified atom stereocenters. The highest BCUT2D eigenvalue weighted by Crippen LogP contribution is 2.14. The van der Waals surface area contributed by atoms with Crippen LogP contribution in [-0.4, -0.2) is 14.7 Å². The van der Waals surface area contributed by atoms with Crippen molar-refractivity contribution in [1.29, 1.82) is 0 Å². The minimum atomic E-state index is -0.529. The van der Waals surface area contributed by atoms with Gasteiger partial charge in [0.05, 0.1) is 0 Å². The molecule has 0 saturated heterocycles. The molecule has 1 aromatic heterocycles. The van der Waals surface area contributed by atoms with Crippen LogP contribution in [0, 0.1) is 6.92 Å². The van der Waals surface area contributed by atoms with E-state index in [1.165, 1.54) is 11.1 Å². The minimum absolute atomic E-state index is 0.529. The number of nitrogens with zero attached hydrogens (tertiary/aromatic N) is 2. The van der Waals surface area contributed by atoms with Gasteiger partial charge in [-0.05, 0) is 25.0 Å². The molecule has 0 amide bonds. The maximum atomic E-state index is 9.56. The molecule has 1 N–H and O–H groups in total. The molecule has 1 aromatic carbocycles. The van der Waals surface area contributed by atoms with E-state index in [0.29, 0.717) is 5.82 Å². The van der Waals surface area contributed by atoms with Crippen LogP contribution in [0.25, 0.3) is 0 Å². The summed E-state index contributed by atoms with van der Waals surface area (Å²) < 4.78 is 1.98. The van der Waals surface area contributed by atoms with Gasteiger partial charge in [0.25, 0.3) is 0 Å². The molecule has 0 fully saturated rings. The largest absolute Gasteiger partial charge is 0.385 e. The standard InChI is InChI=1S/C13H16N2O/c1-10-5-3-4-6-12(10)9-15-8-7-14-13(15)11(2)16/h3-8,11,16H,9H2,1-2H3. The molecule has 0 radical (unpaired) electrons. The zero-order valence-corrected chi connectivity index (χ0v) is 9.59. The average Bonchev–Trinajstić information content (AvgIpc) is 2.69. The SMILES string of the molecule is Cc1ccccc1Cn1ccnc1C(C)O. The monoisotopic (exact) mass is 216 g/mol. The van der Waals surface area contributed by atoms with Crippen LogP contribution in [0.4, 0.5) is 0 Å². The average molecular weight is 216 g/mol. The maximum absolute atomic E-state index is 9.56. The third kappa shape index (κ3) is 2.14. The van der Waals surface area contributed by atoms with Crippen molar-refractivity contribution < 1.29 is 5.11 Å². The van der Waals surface area contributed by atoms with Gasteiger partial charge in [0, 0.05) is 18.9 Å². The topological polar surface area (TPSA) is 38.0 Å². The number of rotatable bonds is 3. The van der Waals surface area contributed by atoms with E-state index in [0.717, 1.165) is 6.54 Å². The van der Waals surface area contributed by atoms with Crippen molar-refractivity contribution in [2.24, 2.45) is 0 Å². The van der Waals surface area contributed by atoms with Crippen molar-refractivity contribution in [1.82, 2.24) is 9.55 Å². The quantitative estimate of drug-likeness (QED) is 0.854. The molecule has 0 bridgehead atoms. The Balaban J connectivity index is 2.27. The van der Waals surface area contributed by atoms with Gasteiger partial charge < -0.3 is 9.67 Å². The van der Waals surface area contributed by atoms with Crippen molar-refractivity contribution >= 4 is 0 Å². The predicted molar refractivity (Wildman–Crippen MR) is 63.1 cm³/mol. The highest BCUT2D eigenvalue weighted by atomic mass is 16.3. The fourth-order valence-electron chi connectivity index (χ4n) is 1.79. The Hall–Kier alpha value is -1.61. The number of imidazole rings is 1. The molecule has 84 valence electrons. The lowest BCUT2D eigenvalue weighted by atomic mass is 10.1. The lowest BCUT2D eigenvalue weighted by Crippen LogP contribution is -2.07. The number of benzene rings is 1. The molecule has 0 saturated carbocycles. The molecule has 1 atom stereocenters. The normalized spacial score (nSPS) is 12.7. The fraction of sp³-hybridized carbons (Fsp3) is 0.308. The number of aliphatic hydroxyl groups is 1. The molecular weight excluding hydrogens is 200 g/mol. The van der Waals surface area contributed by atoms with Gasteiger partial charge in [0.2, 0.25) is 0 Å². The highest BCUT2D eigenvalue weighted by Gasteiger charge is 2.09. The van der Waals surface area contributed by atoms with E-state index in [4.69, 9.17) is 0 Å². The van der Waals surface area contributed by atoms with Crippen LogP contribution in [0.3, 0.4) is 0 Å². The molecule has 0 aliphatic carbocycles. The Labute approximate surface area is 95.4 Å². The minimum Gasteiger partial charge on any atom is -0.385 e. The maximum Gasteiger partial charge on any atom is 0.137 e. The van der Waals surface area contributed by atoms with Crippen LogP contribution >= 0.6 is 0 Å². The summed E-state index contributed by atoms with van der Waals surface area (Å²) in [6, 6.07) is 8.25. The van der Waals surface area contributed by atoms with Crippen molar-refractivity contribution in [2.75, 3.05) is 0 Å². The Morgan fingerprint density at radius 2 is 2.12 bits per heavy atom. The van der Waals surface area contributed by atoms with Gasteiger partial charge in [-0.25, -0.2) is 4.98 Å². The second-order valence-electron chi connectivity index (χ2n) is 4.02. The molecule has 16 heavy (non-hydrogen) atoms. The van der Waals surface area contributed by atoms with Gasteiger partial charge in [-0.2, -0.15) is 0 Å². The van der Waals surface area contributed by atoms with Gasteiger partial charge in [0.1, 0.15) is 11.9 Å². The third-order valence-electron chi connectivity index (χ3n) is 2.72. The molecule has 3 heteroatoms. The molecule has 2 rings (SSSR count). The van der Waals surface area contributed by atoms with Gasteiger partial charge in [-0.15, -0.1) is 0 Å². The lowest BCUT2D eigenvalue weighted by Gasteiger charge is -2.11. The van der Waals surface area contributed by atoms with Crippen LogP contribution in [0.5, 0.6) is 0 Å². The molecule has 1 heterocycles. The van der Waals surface area contributed by atoms with Gasteiger partial charge >= 0.3 is 0 Å². The van der Waals surface area contributed by atoms with Crippen LogP contribution < -0.4 is 0 Å². The zero-order chi connectivity index (χ0) is 11.5. The first-order valence-electron chi connectivity index (χ1n) is 5.42. The second-order valence-corrected chi connectivity index (χ2v) is 4.02.